The van der Waals surface area contributed by atoms with Gasteiger partial charge in [0.15, 0.2) is 0 Å². The van der Waals surface area contributed by atoms with Gasteiger partial charge in [-0.05, 0) is 36.8 Å². The second-order valence-corrected chi connectivity index (χ2v) is 6.02. The summed E-state index contributed by atoms with van der Waals surface area (Å²) in [4.78, 5) is 22.5. The molecule has 1 aliphatic rings. The number of carbonyl (C=O) groups excluding carboxylic acids is 1. The smallest absolute Gasteiger partial charge is 0.288 e. The summed E-state index contributed by atoms with van der Waals surface area (Å²) in [6.07, 6.45) is 3.18. The predicted molar refractivity (Wildman–Crippen MR) is 81.5 cm³/mol. The first-order valence-electron chi connectivity index (χ1n) is 7.18. The molecule has 5 nitrogen and oxygen atoms in total. The summed E-state index contributed by atoms with van der Waals surface area (Å²) in [5, 5.41) is 13.9. The van der Waals surface area contributed by atoms with E-state index in [1.807, 2.05) is 0 Å². The molecule has 1 N–H and O–H groups in total. The number of carbonyl (C=O) groups is 1. The van der Waals surface area contributed by atoms with Gasteiger partial charge in [0.1, 0.15) is 5.02 Å². The number of hydrogen-bond acceptors (Lipinski definition) is 3. The van der Waals surface area contributed by atoms with Gasteiger partial charge in [0, 0.05) is 17.7 Å². The quantitative estimate of drug-likeness (QED) is 0.679. The van der Waals surface area contributed by atoms with E-state index in [0.717, 1.165) is 19.3 Å². The molecule has 0 aliphatic heterocycles. The number of halogens is 1. The molecule has 2 rings (SSSR count). The maximum atomic E-state index is 12.3. The van der Waals surface area contributed by atoms with Crippen molar-refractivity contribution in [2.24, 2.45) is 11.8 Å². The Hall–Kier alpha value is -1.62. The summed E-state index contributed by atoms with van der Waals surface area (Å²) in [6.45, 7) is 4.31. The molecule has 6 heteroatoms. The van der Waals surface area contributed by atoms with Crippen molar-refractivity contribution < 1.29 is 9.72 Å². The number of nitrogens with one attached hydrogen (secondary N) is 1. The van der Waals surface area contributed by atoms with E-state index in [1.54, 1.807) is 0 Å². The SMILES string of the molecule is CCC1CCC(NC(=O)c2ccc(Cl)c([N+](=O)[O-])c2)C1C. The molecule has 1 saturated carbocycles. The molecular weight excluding hydrogens is 292 g/mol. The van der Waals surface area contributed by atoms with Gasteiger partial charge >= 0.3 is 0 Å². The van der Waals surface area contributed by atoms with Crippen molar-refractivity contribution in [2.75, 3.05) is 0 Å². The molecule has 0 aromatic heterocycles. The minimum atomic E-state index is -0.579. The number of amides is 1. The fourth-order valence-electron chi connectivity index (χ4n) is 3.07. The van der Waals surface area contributed by atoms with Crippen LogP contribution < -0.4 is 5.32 Å². The van der Waals surface area contributed by atoms with Gasteiger partial charge in [-0.25, -0.2) is 0 Å². The van der Waals surface area contributed by atoms with E-state index in [0.29, 0.717) is 11.8 Å². The van der Waals surface area contributed by atoms with Crippen LogP contribution in [-0.2, 0) is 0 Å². The van der Waals surface area contributed by atoms with Crippen molar-refractivity contribution in [3.8, 4) is 0 Å². The van der Waals surface area contributed by atoms with E-state index < -0.39 is 4.92 Å². The third-order valence-corrected chi connectivity index (χ3v) is 4.79. The molecule has 0 heterocycles. The second-order valence-electron chi connectivity index (χ2n) is 5.61. The lowest BCUT2D eigenvalue weighted by Crippen LogP contribution is -2.37. The maximum absolute atomic E-state index is 12.3. The molecule has 114 valence electrons. The zero-order chi connectivity index (χ0) is 15.6. The van der Waals surface area contributed by atoms with Gasteiger partial charge < -0.3 is 5.32 Å². The number of nitro groups is 1. The first kappa shape index (κ1) is 15.8. The van der Waals surface area contributed by atoms with Crippen LogP contribution in [0.5, 0.6) is 0 Å². The lowest BCUT2D eigenvalue weighted by atomic mass is 9.93. The Kier molecular flexibility index (Phi) is 4.83. The van der Waals surface area contributed by atoms with Gasteiger partial charge in [-0.1, -0.05) is 31.9 Å². The van der Waals surface area contributed by atoms with Gasteiger partial charge in [-0.15, -0.1) is 0 Å². The summed E-state index contributed by atoms with van der Waals surface area (Å²) in [6, 6.07) is 4.27. The number of nitrogens with zero attached hydrogens (tertiary/aromatic N) is 1. The highest BCUT2D eigenvalue weighted by molar-refractivity contribution is 6.32. The second kappa shape index (κ2) is 6.43. The van der Waals surface area contributed by atoms with Crippen LogP contribution in [0.25, 0.3) is 0 Å². The van der Waals surface area contributed by atoms with Crippen LogP contribution in [0, 0.1) is 22.0 Å². The van der Waals surface area contributed by atoms with Crippen molar-refractivity contribution in [1.29, 1.82) is 0 Å². The van der Waals surface area contributed by atoms with Gasteiger partial charge in [0.05, 0.1) is 4.92 Å². The van der Waals surface area contributed by atoms with Crippen molar-refractivity contribution in [1.82, 2.24) is 5.32 Å². The lowest BCUT2D eigenvalue weighted by molar-refractivity contribution is -0.384. The van der Waals surface area contributed by atoms with E-state index in [4.69, 9.17) is 11.6 Å². The zero-order valence-electron chi connectivity index (χ0n) is 12.1. The monoisotopic (exact) mass is 310 g/mol. The highest BCUT2D eigenvalue weighted by atomic mass is 35.5. The summed E-state index contributed by atoms with van der Waals surface area (Å²) in [5.41, 5.74) is 0.0356. The zero-order valence-corrected chi connectivity index (χ0v) is 12.9. The minimum absolute atomic E-state index is 0.0387. The van der Waals surface area contributed by atoms with Gasteiger partial charge in [-0.2, -0.15) is 0 Å². The number of nitro benzene ring substituents is 1. The largest absolute Gasteiger partial charge is 0.349 e. The number of hydrogen-bond donors (Lipinski definition) is 1. The van der Waals surface area contributed by atoms with Crippen LogP contribution in [0.15, 0.2) is 18.2 Å². The van der Waals surface area contributed by atoms with E-state index in [9.17, 15) is 14.9 Å². The van der Waals surface area contributed by atoms with Gasteiger partial charge in [0.2, 0.25) is 0 Å². The van der Waals surface area contributed by atoms with E-state index in [1.165, 1.54) is 18.2 Å². The molecule has 0 spiro atoms. The highest BCUT2D eigenvalue weighted by Gasteiger charge is 2.32. The Morgan fingerprint density at radius 2 is 2.19 bits per heavy atom. The first-order valence-corrected chi connectivity index (χ1v) is 7.56. The Balaban J connectivity index is 2.11. The average Bonchev–Trinajstić information content (AvgIpc) is 2.79. The molecule has 3 atom stereocenters. The van der Waals surface area contributed by atoms with Crippen LogP contribution in [0.2, 0.25) is 5.02 Å². The molecule has 1 fully saturated rings. The Morgan fingerprint density at radius 1 is 1.48 bits per heavy atom. The molecule has 21 heavy (non-hydrogen) atoms. The topological polar surface area (TPSA) is 72.2 Å². The third kappa shape index (κ3) is 3.35. The molecule has 0 saturated heterocycles. The standard InChI is InChI=1S/C15H19ClN2O3/c1-3-10-5-7-13(9(10)2)17-15(19)11-4-6-12(16)14(8-11)18(20)21/h4,6,8-10,13H,3,5,7H2,1-2H3,(H,17,19). The van der Waals surface area contributed by atoms with Crippen LogP contribution in [0.3, 0.4) is 0 Å². The van der Waals surface area contributed by atoms with Crippen LogP contribution >= 0.6 is 11.6 Å². The Morgan fingerprint density at radius 3 is 2.76 bits per heavy atom. The van der Waals surface area contributed by atoms with Gasteiger partial charge in [0.25, 0.3) is 11.6 Å². The fraction of sp³-hybridized carbons (Fsp3) is 0.533. The maximum Gasteiger partial charge on any atom is 0.288 e. The summed E-state index contributed by atoms with van der Waals surface area (Å²) in [7, 11) is 0. The number of rotatable bonds is 4. The van der Waals surface area contributed by atoms with Crippen molar-refractivity contribution in [3.05, 3.63) is 38.9 Å². The van der Waals surface area contributed by atoms with E-state index in [2.05, 4.69) is 19.2 Å². The molecular formula is C15H19ClN2O3. The van der Waals surface area contributed by atoms with E-state index in [-0.39, 0.29) is 28.2 Å². The molecule has 1 aromatic rings. The summed E-state index contributed by atoms with van der Waals surface area (Å²) < 4.78 is 0. The first-order chi connectivity index (χ1) is 9.93. The van der Waals surface area contributed by atoms with Crippen molar-refractivity contribution >= 4 is 23.2 Å². The predicted octanol–water partition coefficient (Wildman–Crippen LogP) is 3.80. The molecule has 0 radical (unpaired) electrons. The number of benzene rings is 1. The van der Waals surface area contributed by atoms with E-state index >= 15 is 0 Å². The van der Waals surface area contributed by atoms with Crippen LogP contribution in [-0.4, -0.2) is 16.9 Å². The van der Waals surface area contributed by atoms with Crippen LogP contribution in [0.1, 0.15) is 43.5 Å². The van der Waals surface area contributed by atoms with Crippen LogP contribution in [0.4, 0.5) is 5.69 Å². The summed E-state index contributed by atoms with van der Waals surface area (Å²) in [5.74, 6) is 0.791. The Labute approximate surface area is 128 Å². The van der Waals surface area contributed by atoms with Crippen molar-refractivity contribution in [2.45, 2.75) is 39.2 Å². The molecule has 3 unspecified atom stereocenters. The molecule has 1 aromatic carbocycles. The Bertz CT molecular complexity index is 562. The normalized spacial score (nSPS) is 24.8. The summed E-state index contributed by atoms with van der Waals surface area (Å²) >= 11 is 5.75. The lowest BCUT2D eigenvalue weighted by Gasteiger charge is -2.21. The van der Waals surface area contributed by atoms with Gasteiger partial charge in [-0.3, -0.25) is 14.9 Å². The molecule has 1 aliphatic carbocycles. The molecule has 0 bridgehead atoms. The van der Waals surface area contributed by atoms with Crippen molar-refractivity contribution in [3.63, 3.8) is 0 Å². The third-order valence-electron chi connectivity index (χ3n) is 4.47. The average molecular weight is 311 g/mol. The fourth-order valence-corrected chi connectivity index (χ4v) is 3.26. The highest BCUT2D eigenvalue weighted by Crippen LogP contribution is 2.34. The molecule has 1 amide bonds. The minimum Gasteiger partial charge on any atom is -0.349 e.